The lowest BCUT2D eigenvalue weighted by Gasteiger charge is -2.13. The van der Waals surface area contributed by atoms with Crippen LogP contribution >= 0.6 is 0 Å². The zero-order chi connectivity index (χ0) is 13.2. The molecule has 0 saturated carbocycles. The van der Waals surface area contributed by atoms with E-state index in [1.165, 1.54) is 0 Å². The van der Waals surface area contributed by atoms with Gasteiger partial charge in [0.25, 0.3) is 0 Å². The second-order valence-corrected chi connectivity index (χ2v) is 9.41. The maximum atomic E-state index is 11.2. The molecule has 2 aliphatic heterocycles. The summed E-state index contributed by atoms with van der Waals surface area (Å²) >= 11 is 0. The molecule has 2 saturated heterocycles. The van der Waals surface area contributed by atoms with Gasteiger partial charge in [-0.2, -0.15) is 0 Å². The van der Waals surface area contributed by atoms with Crippen LogP contribution in [0.15, 0.2) is 0 Å². The maximum absolute atomic E-state index is 11.2. The van der Waals surface area contributed by atoms with Crippen LogP contribution in [0.25, 0.3) is 0 Å². The van der Waals surface area contributed by atoms with E-state index in [1.807, 2.05) is 0 Å². The Kier molecular flexibility index (Phi) is 4.30. The van der Waals surface area contributed by atoms with E-state index in [0.717, 1.165) is 0 Å². The second kappa shape index (κ2) is 5.44. The van der Waals surface area contributed by atoms with Gasteiger partial charge in [-0.3, -0.25) is 0 Å². The van der Waals surface area contributed by atoms with Crippen molar-refractivity contribution in [2.75, 3.05) is 36.2 Å². The molecule has 2 atom stereocenters. The molecule has 0 unspecified atom stereocenters. The largest absolute Gasteiger partial charge is 0.376 e. The molecule has 2 rings (SSSR count). The lowest BCUT2D eigenvalue weighted by atomic mass is 10.3. The predicted molar refractivity (Wildman–Crippen MR) is 68.1 cm³/mol. The van der Waals surface area contributed by atoms with Gasteiger partial charge in [0.05, 0.1) is 35.7 Å². The summed E-state index contributed by atoms with van der Waals surface area (Å²) in [6, 6.07) is 0.0194. The van der Waals surface area contributed by atoms with Gasteiger partial charge in [-0.1, -0.05) is 0 Å². The van der Waals surface area contributed by atoms with E-state index in [1.54, 1.807) is 0 Å². The van der Waals surface area contributed by atoms with Crippen molar-refractivity contribution >= 4 is 19.7 Å². The van der Waals surface area contributed by atoms with Crippen LogP contribution in [-0.4, -0.2) is 65.1 Å². The van der Waals surface area contributed by atoms with Crippen molar-refractivity contribution in [2.24, 2.45) is 0 Å². The van der Waals surface area contributed by atoms with Crippen LogP contribution in [0.4, 0.5) is 0 Å². The number of hydrogen-bond acceptors (Lipinski definition) is 6. The van der Waals surface area contributed by atoms with Gasteiger partial charge in [0.2, 0.25) is 0 Å². The monoisotopic (exact) mass is 297 g/mol. The summed E-state index contributed by atoms with van der Waals surface area (Å²) < 4.78 is 50.3. The van der Waals surface area contributed by atoms with Crippen LogP contribution in [0, 0.1) is 0 Å². The molecule has 0 aromatic carbocycles. The van der Waals surface area contributed by atoms with Crippen LogP contribution in [0.5, 0.6) is 0 Å². The first-order valence-electron chi connectivity index (χ1n) is 6.12. The standard InChI is InChI=1S/C10H19NO5S2/c12-17(13)5-1-9(7-17)11-3-4-16-10-2-6-18(14,15)8-10/h9-11H,1-8H2/t9-,10+/m1/s1. The first-order chi connectivity index (χ1) is 8.36. The molecule has 0 amide bonds. The Morgan fingerprint density at radius 3 is 2.22 bits per heavy atom. The highest BCUT2D eigenvalue weighted by atomic mass is 32.2. The van der Waals surface area contributed by atoms with Crippen molar-refractivity contribution in [3.63, 3.8) is 0 Å². The highest BCUT2D eigenvalue weighted by Gasteiger charge is 2.29. The summed E-state index contributed by atoms with van der Waals surface area (Å²) in [6.07, 6.45) is 1.03. The minimum atomic E-state index is -2.89. The normalized spacial score (nSPS) is 33.8. The molecule has 8 heteroatoms. The van der Waals surface area contributed by atoms with E-state index in [9.17, 15) is 16.8 Å². The summed E-state index contributed by atoms with van der Waals surface area (Å²) in [5.41, 5.74) is 0. The minimum Gasteiger partial charge on any atom is -0.376 e. The van der Waals surface area contributed by atoms with Crippen LogP contribution in [0.1, 0.15) is 12.8 Å². The van der Waals surface area contributed by atoms with Gasteiger partial charge in [0, 0.05) is 12.6 Å². The van der Waals surface area contributed by atoms with Crippen LogP contribution in [-0.2, 0) is 24.4 Å². The Hall–Kier alpha value is -0.180. The molecule has 1 N–H and O–H groups in total. The quantitative estimate of drug-likeness (QED) is 0.653. The Labute approximate surface area is 108 Å². The van der Waals surface area contributed by atoms with Crippen molar-refractivity contribution in [3.05, 3.63) is 0 Å². The molecule has 18 heavy (non-hydrogen) atoms. The Morgan fingerprint density at radius 2 is 1.67 bits per heavy atom. The molecule has 0 aromatic heterocycles. The molecule has 0 aliphatic carbocycles. The van der Waals surface area contributed by atoms with Crippen LogP contribution in [0.3, 0.4) is 0 Å². The van der Waals surface area contributed by atoms with Gasteiger partial charge >= 0.3 is 0 Å². The fraction of sp³-hybridized carbons (Fsp3) is 1.00. The number of sulfone groups is 2. The fourth-order valence-corrected chi connectivity index (χ4v) is 5.66. The highest BCUT2D eigenvalue weighted by molar-refractivity contribution is 7.91. The highest BCUT2D eigenvalue weighted by Crippen LogP contribution is 2.14. The second-order valence-electron chi connectivity index (χ2n) is 4.95. The van der Waals surface area contributed by atoms with Crippen LogP contribution < -0.4 is 5.32 Å². The van der Waals surface area contributed by atoms with Gasteiger partial charge in [-0.25, -0.2) is 16.8 Å². The van der Waals surface area contributed by atoms with Crippen molar-refractivity contribution in [1.29, 1.82) is 0 Å². The SMILES string of the molecule is O=S1(=O)CC[C@@H](NCCO[C@H]2CCS(=O)(=O)C2)C1. The molecular weight excluding hydrogens is 278 g/mol. The summed E-state index contributed by atoms with van der Waals surface area (Å²) in [7, 11) is -5.73. The molecular formula is C10H19NO5S2. The van der Waals surface area contributed by atoms with E-state index in [-0.39, 0.29) is 35.2 Å². The fourth-order valence-electron chi connectivity index (χ4n) is 2.34. The summed E-state index contributed by atoms with van der Waals surface area (Å²) in [5, 5.41) is 3.13. The average Bonchev–Trinajstić information content (AvgIpc) is 2.76. The third-order valence-corrected chi connectivity index (χ3v) is 6.82. The van der Waals surface area contributed by atoms with E-state index < -0.39 is 19.7 Å². The number of ether oxygens (including phenoxy) is 1. The molecule has 0 aromatic rings. The maximum Gasteiger partial charge on any atom is 0.152 e. The third-order valence-electron chi connectivity index (χ3n) is 3.31. The minimum absolute atomic E-state index is 0.0194. The lowest BCUT2D eigenvalue weighted by Crippen LogP contribution is -2.33. The van der Waals surface area contributed by atoms with Gasteiger partial charge in [0.1, 0.15) is 0 Å². The Balaban J connectivity index is 1.60. The number of nitrogens with one attached hydrogen (secondary N) is 1. The van der Waals surface area contributed by atoms with E-state index in [2.05, 4.69) is 5.32 Å². The van der Waals surface area contributed by atoms with Gasteiger partial charge in [-0.05, 0) is 12.8 Å². The molecule has 2 heterocycles. The Bertz CT molecular complexity index is 438. The van der Waals surface area contributed by atoms with Crippen molar-refractivity contribution in [2.45, 2.75) is 25.0 Å². The van der Waals surface area contributed by atoms with E-state index in [0.29, 0.717) is 26.0 Å². The molecule has 106 valence electrons. The average molecular weight is 297 g/mol. The number of rotatable bonds is 5. The smallest absolute Gasteiger partial charge is 0.152 e. The molecule has 0 spiro atoms. The molecule has 2 fully saturated rings. The first-order valence-corrected chi connectivity index (χ1v) is 9.76. The van der Waals surface area contributed by atoms with Gasteiger partial charge in [-0.15, -0.1) is 0 Å². The first kappa shape index (κ1) is 14.2. The molecule has 0 bridgehead atoms. The molecule has 0 radical (unpaired) electrons. The van der Waals surface area contributed by atoms with E-state index >= 15 is 0 Å². The topological polar surface area (TPSA) is 89.5 Å². The number of hydrogen-bond donors (Lipinski definition) is 1. The third kappa shape index (κ3) is 4.18. The molecule has 6 nitrogen and oxygen atoms in total. The van der Waals surface area contributed by atoms with Crippen LogP contribution in [0.2, 0.25) is 0 Å². The predicted octanol–water partition coefficient (Wildman–Crippen LogP) is -1.03. The summed E-state index contributed by atoms with van der Waals surface area (Å²) in [5.74, 6) is 0.786. The lowest BCUT2D eigenvalue weighted by molar-refractivity contribution is 0.0719. The summed E-state index contributed by atoms with van der Waals surface area (Å²) in [4.78, 5) is 0. The van der Waals surface area contributed by atoms with Crippen molar-refractivity contribution in [3.8, 4) is 0 Å². The zero-order valence-corrected chi connectivity index (χ0v) is 11.8. The van der Waals surface area contributed by atoms with Gasteiger partial charge in [0.15, 0.2) is 19.7 Å². The van der Waals surface area contributed by atoms with Crippen molar-refractivity contribution < 1.29 is 21.6 Å². The van der Waals surface area contributed by atoms with Gasteiger partial charge < -0.3 is 10.1 Å². The Morgan fingerprint density at radius 1 is 1.00 bits per heavy atom. The van der Waals surface area contributed by atoms with E-state index in [4.69, 9.17) is 4.74 Å². The molecule has 2 aliphatic rings. The summed E-state index contributed by atoms with van der Waals surface area (Å²) in [6.45, 7) is 0.994. The zero-order valence-electron chi connectivity index (χ0n) is 10.2. The van der Waals surface area contributed by atoms with Crippen molar-refractivity contribution in [1.82, 2.24) is 5.32 Å².